The molecule has 0 spiro atoms. The monoisotopic (exact) mass is 457 g/mol. The summed E-state index contributed by atoms with van der Waals surface area (Å²) in [5.41, 5.74) is 2.79. The Morgan fingerprint density at radius 2 is 1.71 bits per heavy atom. The van der Waals surface area contributed by atoms with Crippen molar-refractivity contribution >= 4 is 39.2 Å². The van der Waals surface area contributed by atoms with E-state index in [1.807, 2.05) is 30.5 Å². The van der Waals surface area contributed by atoms with Gasteiger partial charge < -0.3 is 10.6 Å². The molecule has 31 heavy (non-hydrogen) atoms. The molecule has 0 saturated heterocycles. The molecule has 3 rings (SSSR count). The first-order chi connectivity index (χ1) is 14.8. The minimum Gasteiger partial charge on any atom is -0.372 e. The maximum atomic E-state index is 13.0. The first kappa shape index (κ1) is 22.7. The number of hydrogen-bond acceptors (Lipinski definition) is 7. The summed E-state index contributed by atoms with van der Waals surface area (Å²) in [5, 5.41) is 11.5. The molecule has 1 aromatic heterocycles. The summed E-state index contributed by atoms with van der Waals surface area (Å²) < 4.78 is 23.0. The highest BCUT2D eigenvalue weighted by Gasteiger charge is 2.21. The Labute approximate surface area is 185 Å². The Balaban J connectivity index is 1.97. The number of anilines is 2. The zero-order valence-electron chi connectivity index (χ0n) is 17.3. The van der Waals surface area contributed by atoms with Gasteiger partial charge in [0, 0.05) is 18.3 Å². The molecule has 0 bridgehead atoms. The van der Waals surface area contributed by atoms with Crippen LogP contribution in [-0.2, 0) is 16.4 Å². The van der Waals surface area contributed by atoms with Gasteiger partial charge in [0.1, 0.15) is 16.4 Å². The molecule has 0 radical (unpaired) electrons. The second-order valence-corrected chi connectivity index (χ2v) is 8.96. The van der Waals surface area contributed by atoms with E-state index < -0.39 is 10.0 Å². The lowest BCUT2D eigenvalue weighted by atomic mass is 10.1. The van der Waals surface area contributed by atoms with Gasteiger partial charge in [-0.2, -0.15) is 0 Å². The number of rotatable bonds is 7. The molecule has 3 aromatic rings. The summed E-state index contributed by atoms with van der Waals surface area (Å²) >= 11 is 1.32. The average Bonchev–Trinajstić information content (AvgIpc) is 2.78. The molecule has 0 fully saturated rings. The third-order valence-electron chi connectivity index (χ3n) is 4.59. The number of sulfonamides is 1. The number of aromatic nitrogens is 2. The smallest absolute Gasteiger partial charge is 0.262 e. The molecule has 0 aliphatic rings. The SMILES string of the molecule is CCc1ccc(NC(=O)c2c(NC)nc(-c3ccc(S(N)(=O)=O)cc3)nc2SC)cc1. The Kier molecular flexibility index (Phi) is 6.94. The summed E-state index contributed by atoms with van der Waals surface area (Å²) in [6.07, 6.45) is 2.74. The van der Waals surface area contributed by atoms with Crippen molar-refractivity contribution in [2.24, 2.45) is 5.14 Å². The Morgan fingerprint density at radius 1 is 1.06 bits per heavy atom. The number of nitrogens with two attached hydrogens (primary N) is 1. The van der Waals surface area contributed by atoms with E-state index in [1.165, 1.54) is 29.5 Å². The van der Waals surface area contributed by atoms with Crippen LogP contribution in [0.5, 0.6) is 0 Å². The zero-order chi connectivity index (χ0) is 22.6. The van der Waals surface area contributed by atoms with Crippen LogP contribution in [0.15, 0.2) is 58.5 Å². The number of amides is 1. The first-order valence-electron chi connectivity index (χ1n) is 9.44. The van der Waals surface area contributed by atoms with E-state index in [0.29, 0.717) is 33.5 Å². The fraction of sp³-hybridized carbons (Fsp3) is 0.190. The van der Waals surface area contributed by atoms with Crippen LogP contribution in [0.4, 0.5) is 11.5 Å². The lowest BCUT2D eigenvalue weighted by molar-refractivity contribution is 0.102. The van der Waals surface area contributed by atoms with E-state index in [9.17, 15) is 13.2 Å². The van der Waals surface area contributed by atoms with Crippen LogP contribution in [0, 0.1) is 0 Å². The highest BCUT2D eigenvalue weighted by atomic mass is 32.2. The molecule has 4 N–H and O–H groups in total. The topological polar surface area (TPSA) is 127 Å². The van der Waals surface area contributed by atoms with Crippen molar-refractivity contribution in [3.8, 4) is 11.4 Å². The molecule has 10 heteroatoms. The molecule has 162 valence electrons. The number of carbonyl (C=O) groups is 1. The first-order valence-corrected chi connectivity index (χ1v) is 12.2. The number of carbonyl (C=O) groups excluding carboxylic acids is 1. The van der Waals surface area contributed by atoms with Crippen molar-refractivity contribution in [3.05, 3.63) is 59.7 Å². The maximum Gasteiger partial charge on any atom is 0.262 e. The molecular weight excluding hydrogens is 434 g/mol. The number of primary sulfonamides is 1. The molecule has 0 aliphatic carbocycles. The van der Waals surface area contributed by atoms with Crippen LogP contribution in [0.3, 0.4) is 0 Å². The number of nitrogens with one attached hydrogen (secondary N) is 2. The van der Waals surface area contributed by atoms with Gasteiger partial charge in [-0.25, -0.2) is 23.5 Å². The minimum absolute atomic E-state index is 0.000250. The van der Waals surface area contributed by atoms with Gasteiger partial charge in [-0.1, -0.05) is 19.1 Å². The molecule has 0 aliphatic heterocycles. The molecule has 1 heterocycles. The Hall–Kier alpha value is -2.95. The number of thioether (sulfide) groups is 1. The van der Waals surface area contributed by atoms with E-state index in [0.717, 1.165) is 6.42 Å². The van der Waals surface area contributed by atoms with Crippen molar-refractivity contribution in [2.75, 3.05) is 23.9 Å². The zero-order valence-corrected chi connectivity index (χ0v) is 19.0. The normalized spacial score (nSPS) is 11.2. The van der Waals surface area contributed by atoms with Crippen LogP contribution in [0.25, 0.3) is 11.4 Å². The molecule has 0 saturated carbocycles. The van der Waals surface area contributed by atoms with Crippen molar-refractivity contribution in [2.45, 2.75) is 23.3 Å². The summed E-state index contributed by atoms with van der Waals surface area (Å²) in [6.45, 7) is 2.07. The van der Waals surface area contributed by atoms with E-state index in [1.54, 1.807) is 19.2 Å². The van der Waals surface area contributed by atoms with Gasteiger partial charge in [-0.15, -0.1) is 11.8 Å². The highest BCUT2D eigenvalue weighted by molar-refractivity contribution is 7.98. The van der Waals surface area contributed by atoms with Gasteiger partial charge >= 0.3 is 0 Å². The third-order valence-corrected chi connectivity index (χ3v) is 6.21. The molecule has 0 unspecified atom stereocenters. The van der Waals surface area contributed by atoms with Gasteiger partial charge in [0.2, 0.25) is 10.0 Å². The fourth-order valence-corrected chi connectivity index (χ4v) is 4.00. The van der Waals surface area contributed by atoms with Gasteiger partial charge in [0.25, 0.3) is 5.91 Å². The largest absolute Gasteiger partial charge is 0.372 e. The van der Waals surface area contributed by atoms with Gasteiger partial charge in [-0.05, 0) is 54.6 Å². The third kappa shape index (κ3) is 5.22. The second kappa shape index (κ2) is 9.46. The summed E-state index contributed by atoms with van der Waals surface area (Å²) in [4.78, 5) is 22.0. The second-order valence-electron chi connectivity index (χ2n) is 6.60. The van der Waals surface area contributed by atoms with Gasteiger partial charge in [0.15, 0.2) is 5.82 Å². The average molecular weight is 458 g/mol. The molecule has 8 nitrogen and oxygen atoms in total. The van der Waals surface area contributed by atoms with Crippen LogP contribution in [-0.4, -0.2) is 37.6 Å². The summed E-state index contributed by atoms with van der Waals surface area (Å²) in [7, 11) is -2.12. The van der Waals surface area contributed by atoms with Crippen molar-refractivity contribution in [3.63, 3.8) is 0 Å². The molecule has 2 aromatic carbocycles. The van der Waals surface area contributed by atoms with Crippen LogP contribution in [0.1, 0.15) is 22.8 Å². The summed E-state index contributed by atoms with van der Waals surface area (Å²) in [5.74, 6) is 0.403. The van der Waals surface area contributed by atoms with E-state index in [4.69, 9.17) is 5.14 Å². The maximum absolute atomic E-state index is 13.0. The lowest BCUT2D eigenvalue weighted by Crippen LogP contribution is -2.17. The minimum atomic E-state index is -3.79. The van der Waals surface area contributed by atoms with Gasteiger partial charge in [-0.3, -0.25) is 4.79 Å². The number of nitrogens with zero attached hydrogens (tertiary/aromatic N) is 2. The van der Waals surface area contributed by atoms with Crippen LogP contribution < -0.4 is 15.8 Å². The summed E-state index contributed by atoms with van der Waals surface area (Å²) in [6, 6.07) is 13.6. The number of benzene rings is 2. The number of aryl methyl sites for hydroxylation is 1. The Bertz CT molecular complexity index is 1170. The molecule has 0 atom stereocenters. The molecular formula is C21H23N5O3S2. The van der Waals surface area contributed by atoms with Crippen molar-refractivity contribution in [1.82, 2.24) is 9.97 Å². The number of hydrogen-bond donors (Lipinski definition) is 3. The predicted molar refractivity (Wildman–Crippen MR) is 124 cm³/mol. The Morgan fingerprint density at radius 3 is 2.23 bits per heavy atom. The van der Waals surface area contributed by atoms with E-state index in [2.05, 4.69) is 27.5 Å². The molecule has 1 amide bonds. The van der Waals surface area contributed by atoms with Crippen LogP contribution in [0.2, 0.25) is 0 Å². The standard InChI is InChI=1S/C21H23N5O3S2/c1-4-13-5-9-15(10-6-13)24-20(27)17-19(23-2)25-18(26-21(17)30-3)14-7-11-16(12-8-14)31(22,28)29/h5-12H,4H2,1-3H3,(H,24,27)(H2,22,28,29)(H,23,25,26). The fourth-order valence-electron chi connectivity index (χ4n) is 2.91. The van der Waals surface area contributed by atoms with E-state index in [-0.39, 0.29) is 10.8 Å². The quantitative estimate of drug-likeness (QED) is 0.367. The van der Waals surface area contributed by atoms with Gasteiger partial charge in [0.05, 0.1) is 4.90 Å². The van der Waals surface area contributed by atoms with Crippen LogP contribution >= 0.6 is 11.8 Å². The lowest BCUT2D eigenvalue weighted by Gasteiger charge is -2.14. The van der Waals surface area contributed by atoms with Crippen molar-refractivity contribution in [1.29, 1.82) is 0 Å². The van der Waals surface area contributed by atoms with Crippen molar-refractivity contribution < 1.29 is 13.2 Å². The predicted octanol–water partition coefficient (Wildman–Crippen LogP) is 3.37. The highest BCUT2D eigenvalue weighted by Crippen LogP contribution is 2.29. The van der Waals surface area contributed by atoms with E-state index >= 15 is 0 Å².